The second-order valence-electron chi connectivity index (χ2n) is 3.31. The van der Waals surface area contributed by atoms with Crippen LogP contribution in [-0.2, 0) is 6.54 Å². The third-order valence-electron chi connectivity index (χ3n) is 2.12. The van der Waals surface area contributed by atoms with Gasteiger partial charge in [0, 0.05) is 10.6 Å². The third kappa shape index (κ3) is 3.01. The molecule has 0 bridgehead atoms. The van der Waals surface area contributed by atoms with E-state index >= 15 is 0 Å². The molecule has 16 heavy (non-hydrogen) atoms. The molecule has 0 spiro atoms. The SMILES string of the molecule is CNCc1ccc(-c2cccc(Cl)c2)o1.Cl. The highest BCUT2D eigenvalue weighted by atomic mass is 35.5. The van der Waals surface area contributed by atoms with E-state index in [1.54, 1.807) is 0 Å². The van der Waals surface area contributed by atoms with Gasteiger partial charge < -0.3 is 9.73 Å². The molecular formula is C12H13Cl2NO. The highest BCUT2D eigenvalue weighted by molar-refractivity contribution is 6.30. The van der Waals surface area contributed by atoms with Crippen molar-refractivity contribution >= 4 is 24.0 Å². The molecule has 0 atom stereocenters. The van der Waals surface area contributed by atoms with E-state index in [1.807, 2.05) is 43.4 Å². The van der Waals surface area contributed by atoms with Crippen LogP contribution in [0.25, 0.3) is 11.3 Å². The van der Waals surface area contributed by atoms with Gasteiger partial charge in [-0.1, -0.05) is 23.7 Å². The van der Waals surface area contributed by atoms with Crippen molar-refractivity contribution in [1.29, 1.82) is 0 Å². The lowest BCUT2D eigenvalue weighted by Crippen LogP contribution is -2.03. The van der Waals surface area contributed by atoms with Crippen molar-refractivity contribution in [1.82, 2.24) is 5.32 Å². The average Bonchev–Trinajstić information content (AvgIpc) is 2.67. The third-order valence-corrected chi connectivity index (χ3v) is 2.36. The summed E-state index contributed by atoms with van der Waals surface area (Å²) in [5.41, 5.74) is 1.00. The first-order chi connectivity index (χ1) is 7.29. The number of hydrogen-bond donors (Lipinski definition) is 1. The van der Waals surface area contributed by atoms with Gasteiger partial charge in [-0.05, 0) is 31.3 Å². The second-order valence-corrected chi connectivity index (χ2v) is 3.74. The van der Waals surface area contributed by atoms with Crippen LogP contribution in [0.5, 0.6) is 0 Å². The summed E-state index contributed by atoms with van der Waals surface area (Å²) in [5.74, 6) is 1.77. The minimum Gasteiger partial charge on any atom is -0.460 e. The van der Waals surface area contributed by atoms with Crippen molar-refractivity contribution in [3.8, 4) is 11.3 Å². The summed E-state index contributed by atoms with van der Waals surface area (Å²) in [5, 5.41) is 3.76. The molecule has 2 aromatic rings. The number of hydrogen-bond acceptors (Lipinski definition) is 2. The summed E-state index contributed by atoms with van der Waals surface area (Å²) in [7, 11) is 1.89. The van der Waals surface area contributed by atoms with Gasteiger partial charge in [0.1, 0.15) is 11.5 Å². The van der Waals surface area contributed by atoms with E-state index in [0.29, 0.717) is 0 Å². The number of benzene rings is 1. The summed E-state index contributed by atoms with van der Waals surface area (Å²) < 4.78 is 5.64. The molecule has 0 saturated carbocycles. The molecule has 1 aromatic heterocycles. The standard InChI is InChI=1S/C12H12ClNO.ClH/c1-14-8-11-5-6-12(15-11)9-3-2-4-10(13)7-9;/h2-7,14H,8H2,1H3;1H. The van der Waals surface area contributed by atoms with Crippen molar-refractivity contribution in [2.24, 2.45) is 0 Å². The quantitative estimate of drug-likeness (QED) is 0.907. The Morgan fingerprint density at radius 2 is 2.06 bits per heavy atom. The molecule has 2 nitrogen and oxygen atoms in total. The first kappa shape index (κ1) is 13.1. The number of nitrogens with one attached hydrogen (secondary N) is 1. The Balaban J connectivity index is 0.00000128. The maximum atomic E-state index is 5.91. The highest BCUT2D eigenvalue weighted by Crippen LogP contribution is 2.24. The molecule has 1 aromatic carbocycles. The fourth-order valence-corrected chi connectivity index (χ4v) is 1.63. The van der Waals surface area contributed by atoms with Crippen LogP contribution in [0.15, 0.2) is 40.8 Å². The fourth-order valence-electron chi connectivity index (χ4n) is 1.44. The van der Waals surface area contributed by atoms with Crippen molar-refractivity contribution in [2.45, 2.75) is 6.54 Å². The Morgan fingerprint density at radius 3 is 2.75 bits per heavy atom. The van der Waals surface area contributed by atoms with Crippen molar-refractivity contribution in [3.63, 3.8) is 0 Å². The van der Waals surface area contributed by atoms with Crippen LogP contribution in [0.2, 0.25) is 5.02 Å². The van der Waals surface area contributed by atoms with Crippen molar-refractivity contribution < 1.29 is 4.42 Å². The van der Waals surface area contributed by atoms with E-state index in [4.69, 9.17) is 16.0 Å². The molecule has 0 aliphatic heterocycles. The molecule has 86 valence electrons. The van der Waals surface area contributed by atoms with Crippen LogP contribution >= 0.6 is 24.0 Å². The first-order valence-electron chi connectivity index (χ1n) is 4.79. The molecule has 0 aliphatic carbocycles. The molecule has 1 heterocycles. The Morgan fingerprint density at radius 1 is 1.25 bits per heavy atom. The van der Waals surface area contributed by atoms with Gasteiger partial charge in [-0.3, -0.25) is 0 Å². The fraction of sp³-hybridized carbons (Fsp3) is 0.167. The summed E-state index contributed by atoms with van der Waals surface area (Å²) in [6, 6.07) is 11.6. The van der Waals surface area contributed by atoms with Gasteiger partial charge in [-0.15, -0.1) is 12.4 Å². The van der Waals surface area contributed by atoms with Gasteiger partial charge in [-0.2, -0.15) is 0 Å². The maximum absolute atomic E-state index is 5.91. The molecule has 0 radical (unpaired) electrons. The average molecular weight is 258 g/mol. The zero-order valence-corrected chi connectivity index (χ0v) is 10.4. The lowest BCUT2D eigenvalue weighted by molar-refractivity contribution is 0.507. The first-order valence-corrected chi connectivity index (χ1v) is 5.16. The van der Waals surface area contributed by atoms with Crippen LogP contribution in [0.1, 0.15) is 5.76 Å². The van der Waals surface area contributed by atoms with E-state index < -0.39 is 0 Å². The molecular weight excluding hydrogens is 245 g/mol. The Bertz CT molecular complexity index is 454. The van der Waals surface area contributed by atoms with Crippen LogP contribution in [0, 0.1) is 0 Å². The zero-order chi connectivity index (χ0) is 10.7. The number of furan rings is 1. The van der Waals surface area contributed by atoms with Crippen LogP contribution in [0.3, 0.4) is 0 Å². The molecule has 0 aliphatic rings. The maximum Gasteiger partial charge on any atom is 0.134 e. The lowest BCUT2D eigenvalue weighted by Gasteiger charge is -1.98. The summed E-state index contributed by atoms with van der Waals surface area (Å²) in [4.78, 5) is 0. The van der Waals surface area contributed by atoms with Crippen molar-refractivity contribution in [3.05, 3.63) is 47.2 Å². The normalized spacial score (nSPS) is 9.88. The van der Waals surface area contributed by atoms with E-state index in [2.05, 4.69) is 5.32 Å². The van der Waals surface area contributed by atoms with Crippen LogP contribution < -0.4 is 5.32 Å². The van der Waals surface area contributed by atoms with Gasteiger partial charge in [0.2, 0.25) is 0 Å². The molecule has 0 fully saturated rings. The van der Waals surface area contributed by atoms with E-state index in [9.17, 15) is 0 Å². The van der Waals surface area contributed by atoms with E-state index in [0.717, 1.165) is 28.7 Å². The van der Waals surface area contributed by atoms with Gasteiger partial charge in [-0.25, -0.2) is 0 Å². The zero-order valence-electron chi connectivity index (χ0n) is 8.87. The molecule has 2 rings (SSSR count). The largest absolute Gasteiger partial charge is 0.460 e. The molecule has 1 N–H and O–H groups in total. The number of rotatable bonds is 3. The van der Waals surface area contributed by atoms with E-state index in [1.165, 1.54) is 0 Å². The van der Waals surface area contributed by atoms with Crippen molar-refractivity contribution in [2.75, 3.05) is 7.05 Å². The smallest absolute Gasteiger partial charge is 0.134 e. The minimum atomic E-state index is 0. The second kappa shape index (κ2) is 5.94. The van der Waals surface area contributed by atoms with Gasteiger partial charge in [0.25, 0.3) is 0 Å². The topological polar surface area (TPSA) is 25.2 Å². The monoisotopic (exact) mass is 257 g/mol. The minimum absolute atomic E-state index is 0. The molecule has 4 heteroatoms. The van der Waals surface area contributed by atoms with Gasteiger partial charge >= 0.3 is 0 Å². The lowest BCUT2D eigenvalue weighted by atomic mass is 10.2. The van der Waals surface area contributed by atoms with E-state index in [-0.39, 0.29) is 12.4 Å². The highest BCUT2D eigenvalue weighted by Gasteiger charge is 2.04. The van der Waals surface area contributed by atoms with Crippen LogP contribution in [0.4, 0.5) is 0 Å². The Kier molecular flexibility index (Phi) is 4.87. The van der Waals surface area contributed by atoms with Gasteiger partial charge in [0.15, 0.2) is 0 Å². The predicted octanol–water partition coefficient (Wildman–Crippen LogP) is 3.74. The summed E-state index contributed by atoms with van der Waals surface area (Å²) in [6.45, 7) is 0.737. The number of halogens is 2. The molecule has 0 unspecified atom stereocenters. The summed E-state index contributed by atoms with van der Waals surface area (Å²) in [6.07, 6.45) is 0. The Hall–Kier alpha value is -0.960. The van der Waals surface area contributed by atoms with Crippen LogP contribution in [-0.4, -0.2) is 7.05 Å². The predicted molar refractivity (Wildman–Crippen MR) is 69.2 cm³/mol. The molecule has 0 saturated heterocycles. The molecule has 0 amide bonds. The summed E-state index contributed by atoms with van der Waals surface area (Å²) >= 11 is 5.91. The van der Waals surface area contributed by atoms with Gasteiger partial charge in [0.05, 0.1) is 6.54 Å². The Labute approximate surface area is 106 Å².